The zero-order chi connectivity index (χ0) is 14.1. The van der Waals surface area contributed by atoms with Crippen molar-refractivity contribution >= 4 is 23.3 Å². The number of anilines is 1. The van der Waals surface area contributed by atoms with Gasteiger partial charge in [-0.2, -0.15) is 0 Å². The van der Waals surface area contributed by atoms with Crippen LogP contribution in [-0.2, 0) is 11.3 Å². The van der Waals surface area contributed by atoms with Crippen molar-refractivity contribution in [2.45, 2.75) is 19.1 Å². The van der Waals surface area contributed by atoms with E-state index in [-0.39, 0.29) is 5.88 Å². The van der Waals surface area contributed by atoms with Crippen molar-refractivity contribution in [3.63, 3.8) is 0 Å². The number of carbonyl (C=O) groups excluding carboxylic acids is 1. The van der Waals surface area contributed by atoms with Gasteiger partial charge in [0.2, 0.25) is 5.88 Å². The number of aromatic nitrogens is 1. The molecule has 1 unspecified atom stereocenters. The van der Waals surface area contributed by atoms with Gasteiger partial charge in [0, 0.05) is 32.9 Å². The first kappa shape index (κ1) is 13.1. The molecule has 0 amide bonds. The van der Waals surface area contributed by atoms with Crippen molar-refractivity contribution in [1.29, 1.82) is 0 Å². The van der Waals surface area contributed by atoms with E-state index in [1.54, 1.807) is 13.3 Å². The molecule has 0 aliphatic carbocycles. The Balaban J connectivity index is 1.81. The van der Waals surface area contributed by atoms with E-state index in [9.17, 15) is 4.79 Å². The van der Waals surface area contributed by atoms with Crippen molar-refractivity contribution in [2.24, 2.45) is 0 Å². The molecule has 3 rings (SSSR count). The minimum Gasteiger partial charge on any atom is -0.438 e. The zero-order valence-corrected chi connectivity index (χ0v) is 11.3. The molecule has 0 saturated carbocycles. The van der Waals surface area contributed by atoms with Crippen LogP contribution < -0.4 is 5.73 Å². The maximum absolute atomic E-state index is 10.9. The molecule has 1 saturated heterocycles. The average Bonchev–Trinajstić information content (AvgIpc) is 3.01. The third-order valence-corrected chi connectivity index (χ3v) is 3.74. The summed E-state index contributed by atoms with van der Waals surface area (Å²) in [5.41, 5.74) is 8.10. The third kappa shape index (κ3) is 2.28. The first-order valence-corrected chi connectivity index (χ1v) is 6.58. The van der Waals surface area contributed by atoms with E-state index >= 15 is 0 Å². The van der Waals surface area contributed by atoms with E-state index < -0.39 is 0 Å². The molecular weight excluding hydrogens is 258 g/mol. The third-order valence-electron chi connectivity index (χ3n) is 3.74. The number of fused-ring (bicyclic) bond motifs is 1. The lowest BCUT2D eigenvalue weighted by Crippen LogP contribution is -2.22. The van der Waals surface area contributed by atoms with Crippen LogP contribution in [0.15, 0.2) is 16.7 Å². The van der Waals surface area contributed by atoms with Crippen LogP contribution in [0.25, 0.3) is 11.1 Å². The summed E-state index contributed by atoms with van der Waals surface area (Å²) in [7, 11) is 1.74. The maximum Gasteiger partial charge on any atom is 0.203 e. The molecule has 2 aromatic rings. The molecule has 0 spiro atoms. The van der Waals surface area contributed by atoms with Crippen LogP contribution in [0.2, 0.25) is 0 Å². The molecule has 1 fully saturated rings. The Hall–Kier alpha value is -1.92. The van der Waals surface area contributed by atoms with Crippen LogP contribution in [0.4, 0.5) is 5.88 Å². The second-order valence-electron chi connectivity index (χ2n) is 5.07. The molecule has 2 aromatic heterocycles. The van der Waals surface area contributed by atoms with Gasteiger partial charge in [-0.3, -0.25) is 14.7 Å². The van der Waals surface area contributed by atoms with Crippen molar-refractivity contribution < 1.29 is 13.9 Å². The van der Waals surface area contributed by atoms with Gasteiger partial charge in [0.15, 0.2) is 11.9 Å². The number of aldehydes is 1. The van der Waals surface area contributed by atoms with E-state index in [0.717, 1.165) is 31.6 Å². The zero-order valence-electron chi connectivity index (χ0n) is 11.3. The summed E-state index contributed by atoms with van der Waals surface area (Å²) in [4.78, 5) is 17.5. The number of ether oxygens (including phenoxy) is 1. The molecule has 1 atom stereocenters. The van der Waals surface area contributed by atoms with Crippen LogP contribution in [-0.4, -0.2) is 42.5 Å². The van der Waals surface area contributed by atoms with Crippen LogP contribution in [0.5, 0.6) is 0 Å². The van der Waals surface area contributed by atoms with Crippen molar-refractivity contribution in [2.75, 3.05) is 25.9 Å². The summed E-state index contributed by atoms with van der Waals surface area (Å²) >= 11 is 0. The monoisotopic (exact) mass is 275 g/mol. The molecule has 0 bridgehead atoms. The Bertz CT molecular complexity index is 638. The molecule has 20 heavy (non-hydrogen) atoms. The smallest absolute Gasteiger partial charge is 0.203 e. The van der Waals surface area contributed by atoms with Gasteiger partial charge in [-0.25, -0.2) is 0 Å². The highest BCUT2D eigenvalue weighted by Crippen LogP contribution is 2.26. The molecule has 2 N–H and O–H groups in total. The number of nitrogens with two attached hydrogens (primary N) is 1. The number of nitrogens with zero attached hydrogens (tertiary/aromatic N) is 2. The summed E-state index contributed by atoms with van der Waals surface area (Å²) in [5.74, 6) is 0.125. The lowest BCUT2D eigenvalue weighted by Gasteiger charge is -2.15. The number of rotatable bonds is 4. The minimum atomic E-state index is 0.125. The summed E-state index contributed by atoms with van der Waals surface area (Å²) < 4.78 is 10.7. The second kappa shape index (κ2) is 5.22. The van der Waals surface area contributed by atoms with E-state index in [4.69, 9.17) is 14.9 Å². The average molecular weight is 275 g/mol. The van der Waals surface area contributed by atoms with Crippen LogP contribution in [0.1, 0.15) is 22.3 Å². The van der Waals surface area contributed by atoms with Gasteiger partial charge in [0.1, 0.15) is 11.1 Å². The number of likely N-dealkylation sites (tertiary alicyclic amines) is 1. The van der Waals surface area contributed by atoms with Crippen LogP contribution in [0, 0.1) is 0 Å². The normalized spacial score (nSPS) is 19.8. The number of nitrogen functional groups attached to an aromatic ring is 1. The van der Waals surface area contributed by atoms with Gasteiger partial charge >= 0.3 is 0 Å². The van der Waals surface area contributed by atoms with E-state index in [1.165, 1.54) is 0 Å². The number of pyridine rings is 1. The van der Waals surface area contributed by atoms with Crippen LogP contribution >= 0.6 is 0 Å². The Morgan fingerprint density at radius 3 is 3.20 bits per heavy atom. The predicted molar refractivity (Wildman–Crippen MR) is 74.5 cm³/mol. The molecule has 1 aliphatic rings. The molecule has 6 nitrogen and oxygen atoms in total. The highest BCUT2D eigenvalue weighted by molar-refractivity contribution is 5.98. The van der Waals surface area contributed by atoms with Crippen molar-refractivity contribution in [3.8, 4) is 0 Å². The van der Waals surface area contributed by atoms with Crippen molar-refractivity contribution in [1.82, 2.24) is 9.88 Å². The number of hydrogen-bond donors (Lipinski definition) is 1. The Kier molecular flexibility index (Phi) is 3.42. The predicted octanol–water partition coefficient (Wildman–Crippen LogP) is 1.44. The molecule has 0 aromatic carbocycles. The summed E-state index contributed by atoms with van der Waals surface area (Å²) in [6.45, 7) is 2.73. The number of carbonyl (C=O) groups is 1. The second-order valence-corrected chi connectivity index (χ2v) is 5.07. The van der Waals surface area contributed by atoms with E-state index in [2.05, 4.69) is 9.88 Å². The van der Waals surface area contributed by atoms with Gasteiger partial charge in [-0.15, -0.1) is 0 Å². The molecule has 0 radical (unpaired) electrons. The van der Waals surface area contributed by atoms with Gasteiger partial charge < -0.3 is 14.9 Å². The van der Waals surface area contributed by atoms with Gasteiger partial charge in [-0.05, 0) is 18.1 Å². The Morgan fingerprint density at radius 2 is 2.50 bits per heavy atom. The van der Waals surface area contributed by atoms with Crippen molar-refractivity contribution in [3.05, 3.63) is 23.4 Å². The largest absolute Gasteiger partial charge is 0.438 e. The fourth-order valence-electron chi connectivity index (χ4n) is 2.65. The minimum absolute atomic E-state index is 0.125. The first-order chi connectivity index (χ1) is 9.71. The summed E-state index contributed by atoms with van der Waals surface area (Å²) in [6.07, 6.45) is 3.81. The molecule has 1 aliphatic heterocycles. The maximum atomic E-state index is 10.9. The summed E-state index contributed by atoms with van der Waals surface area (Å²) in [6, 6.07) is 1.89. The van der Waals surface area contributed by atoms with Gasteiger partial charge in [0.25, 0.3) is 0 Å². The molecular formula is C14H17N3O3. The Morgan fingerprint density at radius 1 is 1.65 bits per heavy atom. The van der Waals surface area contributed by atoms with Gasteiger partial charge in [-0.1, -0.05) is 0 Å². The van der Waals surface area contributed by atoms with Gasteiger partial charge in [0.05, 0.1) is 6.10 Å². The lowest BCUT2D eigenvalue weighted by atomic mass is 10.2. The standard InChI is InChI=1S/C14H17N3O3/c1-19-10-2-3-17(7-10)6-9-4-12-13(16-5-9)11(8-18)14(15)20-12/h4-5,8,10H,2-3,6-7,15H2,1H3. The number of hydrogen-bond acceptors (Lipinski definition) is 6. The fraction of sp³-hybridized carbons (Fsp3) is 0.429. The highest BCUT2D eigenvalue weighted by Gasteiger charge is 2.22. The molecule has 106 valence electrons. The number of furan rings is 1. The number of methoxy groups -OCH3 is 1. The van der Waals surface area contributed by atoms with Crippen LogP contribution in [0.3, 0.4) is 0 Å². The summed E-state index contributed by atoms with van der Waals surface area (Å²) in [5, 5.41) is 0. The van der Waals surface area contributed by atoms with E-state index in [0.29, 0.717) is 29.1 Å². The fourth-order valence-corrected chi connectivity index (χ4v) is 2.65. The molecule has 3 heterocycles. The molecule has 6 heteroatoms. The van der Waals surface area contributed by atoms with E-state index in [1.807, 2.05) is 6.07 Å². The SMILES string of the molecule is COC1CCN(Cc2cnc3c(C=O)c(N)oc3c2)C1. The topological polar surface area (TPSA) is 81.6 Å². The first-order valence-electron chi connectivity index (χ1n) is 6.58. The Labute approximate surface area is 116 Å². The lowest BCUT2D eigenvalue weighted by molar-refractivity contribution is 0.107. The quantitative estimate of drug-likeness (QED) is 0.850. The highest BCUT2D eigenvalue weighted by atomic mass is 16.5.